The largest absolute Gasteiger partial charge is 0.264 e. The summed E-state index contributed by atoms with van der Waals surface area (Å²) in [6.45, 7) is 3.93. The number of rotatable bonds is 2. The first kappa shape index (κ1) is 8.88. The van der Waals surface area contributed by atoms with Gasteiger partial charge in [0.2, 0.25) is 0 Å². The van der Waals surface area contributed by atoms with Gasteiger partial charge in [-0.3, -0.25) is 9.97 Å². The highest BCUT2D eigenvalue weighted by molar-refractivity contribution is 5.27. The first-order valence-electron chi connectivity index (χ1n) is 4.51. The van der Waals surface area contributed by atoms with Crippen molar-refractivity contribution in [3.63, 3.8) is 0 Å². The normalized spacial score (nSPS) is 10.1. The van der Waals surface area contributed by atoms with Crippen molar-refractivity contribution >= 4 is 0 Å². The van der Waals surface area contributed by atoms with Crippen LogP contribution in [0.1, 0.15) is 16.8 Å². The summed E-state index contributed by atoms with van der Waals surface area (Å²) in [5.41, 5.74) is 3.16. The van der Waals surface area contributed by atoms with E-state index in [1.807, 2.05) is 30.5 Å². The molecule has 0 amide bonds. The van der Waals surface area contributed by atoms with Crippen molar-refractivity contribution in [1.29, 1.82) is 0 Å². The molecule has 2 nitrogen and oxygen atoms in total. The second-order valence-corrected chi connectivity index (χ2v) is 3.15. The van der Waals surface area contributed by atoms with E-state index in [1.54, 1.807) is 12.4 Å². The Kier molecular flexibility index (Phi) is 2.54. The molecule has 69 valence electrons. The van der Waals surface area contributed by atoms with Gasteiger partial charge in [-0.25, -0.2) is 0 Å². The third-order valence-electron chi connectivity index (χ3n) is 2.08. The summed E-state index contributed by atoms with van der Waals surface area (Å²) < 4.78 is 0. The third-order valence-corrected chi connectivity index (χ3v) is 2.08. The molecule has 0 unspecified atom stereocenters. The van der Waals surface area contributed by atoms with Gasteiger partial charge in [-0.05, 0) is 30.2 Å². The number of pyridine rings is 2. The van der Waals surface area contributed by atoms with Crippen molar-refractivity contribution in [3.05, 3.63) is 66.6 Å². The summed E-state index contributed by atoms with van der Waals surface area (Å²) >= 11 is 0. The molecular formula is C12H11N2. The van der Waals surface area contributed by atoms with Crippen LogP contribution in [0.15, 0.2) is 42.9 Å². The molecule has 0 saturated heterocycles. The molecule has 14 heavy (non-hydrogen) atoms. The highest BCUT2D eigenvalue weighted by atomic mass is 14.7. The van der Waals surface area contributed by atoms with E-state index in [0.29, 0.717) is 0 Å². The zero-order valence-electron chi connectivity index (χ0n) is 7.85. The van der Waals surface area contributed by atoms with Gasteiger partial charge in [-0.2, -0.15) is 0 Å². The minimum Gasteiger partial charge on any atom is -0.264 e. The van der Waals surface area contributed by atoms with Crippen LogP contribution in [0.3, 0.4) is 0 Å². The molecule has 2 heteroatoms. The molecule has 0 N–H and O–H groups in total. The Labute approximate surface area is 83.7 Å². The molecule has 0 aliphatic carbocycles. The first-order chi connectivity index (χ1) is 6.86. The molecule has 0 aromatic carbocycles. The van der Waals surface area contributed by atoms with Crippen LogP contribution in [0.25, 0.3) is 0 Å². The van der Waals surface area contributed by atoms with Crippen LogP contribution in [0, 0.1) is 6.92 Å². The van der Waals surface area contributed by atoms with Gasteiger partial charge in [-0.1, -0.05) is 12.1 Å². The summed E-state index contributed by atoms with van der Waals surface area (Å²) in [6, 6.07) is 7.84. The molecule has 0 atom stereocenters. The maximum atomic E-state index is 4.28. The zero-order valence-corrected chi connectivity index (χ0v) is 7.85. The molecule has 2 aromatic rings. The van der Waals surface area contributed by atoms with Crippen molar-refractivity contribution in [2.75, 3.05) is 0 Å². The monoisotopic (exact) mass is 183 g/mol. The molecule has 0 bridgehead atoms. The topological polar surface area (TPSA) is 25.8 Å². The zero-order chi connectivity index (χ0) is 9.80. The maximum Gasteiger partial charge on any atom is 0.0480 e. The molecule has 2 aromatic heterocycles. The van der Waals surface area contributed by atoms with Gasteiger partial charge >= 0.3 is 0 Å². The van der Waals surface area contributed by atoms with Crippen LogP contribution in [-0.4, -0.2) is 9.97 Å². The summed E-state index contributed by atoms with van der Waals surface area (Å²) in [6.07, 6.45) is 6.22. The summed E-state index contributed by atoms with van der Waals surface area (Å²) in [5.74, 6) is 0. The molecule has 1 radical (unpaired) electrons. The SMILES string of the molecule is [CH2]c1cccnc1Cc1cccnc1. The lowest BCUT2D eigenvalue weighted by Crippen LogP contribution is -1.95. The predicted octanol–water partition coefficient (Wildman–Crippen LogP) is 2.25. The lowest BCUT2D eigenvalue weighted by Gasteiger charge is -2.03. The standard InChI is InChI=1S/C12H11N2/c1-10-4-2-7-14-12(10)8-11-5-3-6-13-9-11/h2-7,9H,1,8H2. The summed E-state index contributed by atoms with van der Waals surface area (Å²) in [4.78, 5) is 8.35. The van der Waals surface area contributed by atoms with Crippen LogP contribution < -0.4 is 0 Å². The third kappa shape index (κ3) is 1.96. The number of hydrogen-bond donors (Lipinski definition) is 0. The van der Waals surface area contributed by atoms with E-state index in [0.717, 1.165) is 23.2 Å². The van der Waals surface area contributed by atoms with Crippen molar-refractivity contribution in [1.82, 2.24) is 9.97 Å². The van der Waals surface area contributed by atoms with E-state index in [9.17, 15) is 0 Å². The lowest BCUT2D eigenvalue weighted by atomic mass is 10.1. The fourth-order valence-electron chi connectivity index (χ4n) is 1.33. The molecular weight excluding hydrogens is 172 g/mol. The Bertz CT molecular complexity index is 410. The van der Waals surface area contributed by atoms with E-state index in [2.05, 4.69) is 16.9 Å². The Hall–Kier alpha value is -1.70. The Morgan fingerprint density at radius 3 is 2.71 bits per heavy atom. The van der Waals surface area contributed by atoms with Crippen molar-refractivity contribution in [2.45, 2.75) is 6.42 Å². The van der Waals surface area contributed by atoms with Crippen molar-refractivity contribution < 1.29 is 0 Å². The van der Waals surface area contributed by atoms with Gasteiger partial charge in [0.15, 0.2) is 0 Å². The lowest BCUT2D eigenvalue weighted by molar-refractivity contribution is 1.04. The van der Waals surface area contributed by atoms with Crippen LogP contribution in [0.4, 0.5) is 0 Å². The Balaban J connectivity index is 2.24. The van der Waals surface area contributed by atoms with Crippen molar-refractivity contribution in [2.24, 2.45) is 0 Å². The van der Waals surface area contributed by atoms with Crippen molar-refractivity contribution in [3.8, 4) is 0 Å². The van der Waals surface area contributed by atoms with Crippen LogP contribution in [0.5, 0.6) is 0 Å². The second-order valence-electron chi connectivity index (χ2n) is 3.15. The summed E-state index contributed by atoms with van der Waals surface area (Å²) in [5, 5.41) is 0. The average molecular weight is 183 g/mol. The predicted molar refractivity (Wildman–Crippen MR) is 55.7 cm³/mol. The fraction of sp³-hybridized carbons (Fsp3) is 0.0833. The van der Waals surface area contributed by atoms with Crippen LogP contribution in [-0.2, 0) is 6.42 Å². The molecule has 0 aliphatic heterocycles. The van der Waals surface area contributed by atoms with Gasteiger partial charge in [0, 0.05) is 30.7 Å². The van der Waals surface area contributed by atoms with Crippen LogP contribution >= 0.6 is 0 Å². The van der Waals surface area contributed by atoms with E-state index in [-0.39, 0.29) is 0 Å². The van der Waals surface area contributed by atoms with E-state index in [1.165, 1.54) is 0 Å². The smallest absolute Gasteiger partial charge is 0.0480 e. The van der Waals surface area contributed by atoms with E-state index in [4.69, 9.17) is 0 Å². The molecule has 0 fully saturated rings. The van der Waals surface area contributed by atoms with Gasteiger partial charge in [-0.15, -0.1) is 0 Å². The van der Waals surface area contributed by atoms with E-state index >= 15 is 0 Å². The molecule has 2 heterocycles. The fourth-order valence-corrected chi connectivity index (χ4v) is 1.33. The van der Waals surface area contributed by atoms with Gasteiger partial charge in [0.05, 0.1) is 0 Å². The number of aromatic nitrogens is 2. The Morgan fingerprint density at radius 1 is 1.14 bits per heavy atom. The first-order valence-corrected chi connectivity index (χ1v) is 4.51. The maximum absolute atomic E-state index is 4.28. The van der Waals surface area contributed by atoms with Gasteiger partial charge in [0.25, 0.3) is 0 Å². The number of nitrogens with zero attached hydrogens (tertiary/aromatic N) is 2. The average Bonchev–Trinajstić information content (AvgIpc) is 2.23. The highest BCUT2D eigenvalue weighted by Gasteiger charge is 1.99. The van der Waals surface area contributed by atoms with E-state index < -0.39 is 0 Å². The molecule has 0 spiro atoms. The summed E-state index contributed by atoms with van der Waals surface area (Å²) in [7, 11) is 0. The molecule has 0 saturated carbocycles. The molecule has 0 aliphatic rings. The Morgan fingerprint density at radius 2 is 2.00 bits per heavy atom. The minimum atomic E-state index is 0.799. The quantitative estimate of drug-likeness (QED) is 0.713. The number of hydrogen-bond acceptors (Lipinski definition) is 2. The van der Waals surface area contributed by atoms with Crippen LogP contribution in [0.2, 0.25) is 0 Å². The minimum absolute atomic E-state index is 0.799. The highest BCUT2D eigenvalue weighted by Crippen LogP contribution is 2.09. The van der Waals surface area contributed by atoms with Gasteiger partial charge < -0.3 is 0 Å². The second kappa shape index (κ2) is 4.01. The molecule has 2 rings (SSSR count). The van der Waals surface area contributed by atoms with Gasteiger partial charge in [0.1, 0.15) is 0 Å².